The first kappa shape index (κ1) is 12.6. The summed E-state index contributed by atoms with van der Waals surface area (Å²) in [6.07, 6.45) is 3.14. The van der Waals surface area contributed by atoms with Gasteiger partial charge >= 0.3 is 0 Å². The fourth-order valence-electron chi connectivity index (χ4n) is 1.31. The van der Waals surface area contributed by atoms with Crippen LogP contribution in [0.5, 0.6) is 0 Å². The number of pyridine rings is 1. The van der Waals surface area contributed by atoms with Gasteiger partial charge < -0.3 is 14.7 Å². The molecule has 1 amide bonds. The Labute approximate surface area is 94.7 Å². The van der Waals surface area contributed by atoms with Crippen molar-refractivity contribution >= 4 is 5.91 Å². The van der Waals surface area contributed by atoms with Gasteiger partial charge in [0.15, 0.2) is 0 Å². The molecule has 0 saturated heterocycles. The number of ether oxygens (including phenoxy) is 1. The van der Waals surface area contributed by atoms with Crippen LogP contribution in [0.1, 0.15) is 10.4 Å². The molecule has 0 atom stereocenters. The number of rotatable bonds is 6. The van der Waals surface area contributed by atoms with Crippen molar-refractivity contribution in [2.24, 2.45) is 0 Å². The Morgan fingerprint density at radius 1 is 1.44 bits per heavy atom. The number of hydrogen-bond donors (Lipinski definition) is 1. The first-order valence-electron chi connectivity index (χ1n) is 5.08. The van der Waals surface area contributed by atoms with Crippen LogP contribution in [0.2, 0.25) is 0 Å². The molecule has 1 rings (SSSR count). The molecular weight excluding hydrogens is 208 g/mol. The molecule has 0 aromatic carbocycles. The van der Waals surface area contributed by atoms with Crippen LogP contribution in [0, 0.1) is 0 Å². The van der Waals surface area contributed by atoms with Gasteiger partial charge in [-0.05, 0) is 12.1 Å². The fraction of sp³-hybridized carbons (Fsp3) is 0.455. The monoisotopic (exact) mass is 224 g/mol. The minimum absolute atomic E-state index is 0.0550. The molecule has 0 aliphatic heterocycles. The van der Waals surface area contributed by atoms with Gasteiger partial charge in [-0.1, -0.05) is 0 Å². The average molecular weight is 224 g/mol. The zero-order valence-electron chi connectivity index (χ0n) is 9.30. The number of aliphatic hydroxyl groups is 1. The summed E-state index contributed by atoms with van der Waals surface area (Å²) in [5, 5.41) is 8.88. The van der Waals surface area contributed by atoms with Gasteiger partial charge in [0.05, 0.1) is 13.2 Å². The van der Waals surface area contributed by atoms with E-state index in [2.05, 4.69) is 4.98 Å². The van der Waals surface area contributed by atoms with Crippen molar-refractivity contribution in [2.45, 2.75) is 0 Å². The Kier molecular flexibility index (Phi) is 5.45. The van der Waals surface area contributed by atoms with E-state index in [9.17, 15) is 4.79 Å². The van der Waals surface area contributed by atoms with E-state index < -0.39 is 0 Å². The highest BCUT2D eigenvalue weighted by atomic mass is 16.5. The summed E-state index contributed by atoms with van der Waals surface area (Å²) in [6, 6.07) is 3.30. The summed E-state index contributed by atoms with van der Waals surface area (Å²) in [6.45, 7) is 1.18. The standard InChI is InChI=1S/C11H16N2O3/c1-16-9-7-13(6-8-14)11(15)10-2-4-12-5-3-10/h2-5,14H,6-9H2,1H3. The molecule has 1 N–H and O–H groups in total. The van der Waals surface area contributed by atoms with Crippen LogP contribution in [-0.4, -0.2) is 54.3 Å². The fourth-order valence-corrected chi connectivity index (χ4v) is 1.31. The first-order chi connectivity index (χ1) is 7.79. The van der Waals surface area contributed by atoms with Gasteiger partial charge in [-0.15, -0.1) is 0 Å². The van der Waals surface area contributed by atoms with Crippen molar-refractivity contribution in [3.63, 3.8) is 0 Å². The third-order valence-electron chi connectivity index (χ3n) is 2.15. The second-order valence-electron chi connectivity index (χ2n) is 3.24. The summed E-state index contributed by atoms with van der Waals surface area (Å²) >= 11 is 0. The highest BCUT2D eigenvalue weighted by molar-refractivity contribution is 5.94. The number of carbonyl (C=O) groups excluding carboxylic acids is 1. The lowest BCUT2D eigenvalue weighted by molar-refractivity contribution is 0.0656. The van der Waals surface area contributed by atoms with Gasteiger partial charge in [0, 0.05) is 38.2 Å². The summed E-state index contributed by atoms with van der Waals surface area (Å²) in [4.78, 5) is 17.4. The number of aliphatic hydroxyl groups excluding tert-OH is 1. The van der Waals surface area contributed by atoms with E-state index in [0.717, 1.165) is 0 Å². The molecule has 0 unspecified atom stereocenters. The SMILES string of the molecule is COCCN(CCO)C(=O)c1ccncc1. The molecule has 0 saturated carbocycles. The van der Waals surface area contributed by atoms with Crippen LogP contribution in [0.3, 0.4) is 0 Å². The molecule has 0 bridgehead atoms. The lowest BCUT2D eigenvalue weighted by Crippen LogP contribution is -2.36. The van der Waals surface area contributed by atoms with Gasteiger partial charge in [-0.3, -0.25) is 9.78 Å². The van der Waals surface area contributed by atoms with Crippen molar-refractivity contribution < 1.29 is 14.6 Å². The summed E-state index contributed by atoms with van der Waals surface area (Å²) < 4.78 is 4.92. The Morgan fingerprint density at radius 3 is 2.69 bits per heavy atom. The molecule has 1 aromatic heterocycles. The number of carbonyl (C=O) groups is 1. The van der Waals surface area contributed by atoms with E-state index in [-0.39, 0.29) is 12.5 Å². The van der Waals surface area contributed by atoms with E-state index >= 15 is 0 Å². The van der Waals surface area contributed by atoms with Gasteiger partial charge in [-0.25, -0.2) is 0 Å². The molecule has 0 aliphatic rings. The molecular formula is C11H16N2O3. The van der Waals surface area contributed by atoms with E-state index in [0.29, 0.717) is 25.3 Å². The quantitative estimate of drug-likeness (QED) is 0.747. The minimum Gasteiger partial charge on any atom is -0.395 e. The van der Waals surface area contributed by atoms with Crippen LogP contribution >= 0.6 is 0 Å². The lowest BCUT2D eigenvalue weighted by atomic mass is 10.2. The van der Waals surface area contributed by atoms with E-state index in [1.54, 1.807) is 36.5 Å². The van der Waals surface area contributed by atoms with Crippen molar-refractivity contribution in [1.82, 2.24) is 9.88 Å². The molecule has 5 nitrogen and oxygen atoms in total. The third-order valence-corrected chi connectivity index (χ3v) is 2.15. The maximum atomic E-state index is 12.0. The van der Waals surface area contributed by atoms with Crippen LogP contribution < -0.4 is 0 Å². The van der Waals surface area contributed by atoms with Crippen molar-refractivity contribution in [2.75, 3.05) is 33.4 Å². The Balaban J connectivity index is 2.67. The van der Waals surface area contributed by atoms with Gasteiger partial charge in [0.1, 0.15) is 0 Å². The average Bonchev–Trinajstić information content (AvgIpc) is 2.35. The third kappa shape index (κ3) is 3.60. The van der Waals surface area contributed by atoms with Crippen molar-refractivity contribution in [3.05, 3.63) is 30.1 Å². The highest BCUT2D eigenvalue weighted by Crippen LogP contribution is 2.03. The smallest absolute Gasteiger partial charge is 0.254 e. The van der Waals surface area contributed by atoms with E-state index in [1.807, 2.05) is 0 Å². The molecule has 0 fully saturated rings. The molecule has 5 heteroatoms. The van der Waals surface area contributed by atoms with Gasteiger partial charge in [0.2, 0.25) is 0 Å². The maximum Gasteiger partial charge on any atom is 0.254 e. The predicted octanol–water partition coefficient (Wildman–Crippen LogP) is 0.162. The number of amides is 1. The molecule has 0 aliphatic carbocycles. The molecule has 0 spiro atoms. The maximum absolute atomic E-state index is 12.0. The second kappa shape index (κ2) is 6.92. The molecule has 16 heavy (non-hydrogen) atoms. The summed E-state index contributed by atoms with van der Waals surface area (Å²) in [5.41, 5.74) is 0.569. The second-order valence-corrected chi connectivity index (χ2v) is 3.24. The Hall–Kier alpha value is -1.46. The Bertz CT molecular complexity index is 316. The predicted molar refractivity (Wildman–Crippen MR) is 59.1 cm³/mol. The molecule has 88 valence electrons. The number of methoxy groups -OCH3 is 1. The summed E-state index contributed by atoms with van der Waals surface area (Å²) in [7, 11) is 1.58. The van der Waals surface area contributed by atoms with Gasteiger partial charge in [-0.2, -0.15) is 0 Å². The largest absolute Gasteiger partial charge is 0.395 e. The van der Waals surface area contributed by atoms with Crippen molar-refractivity contribution in [1.29, 1.82) is 0 Å². The first-order valence-corrected chi connectivity index (χ1v) is 5.08. The number of aromatic nitrogens is 1. The number of hydrogen-bond acceptors (Lipinski definition) is 4. The highest BCUT2D eigenvalue weighted by Gasteiger charge is 2.14. The van der Waals surface area contributed by atoms with Crippen LogP contribution in [0.25, 0.3) is 0 Å². The molecule has 0 radical (unpaired) electrons. The van der Waals surface area contributed by atoms with Crippen LogP contribution in [-0.2, 0) is 4.74 Å². The topological polar surface area (TPSA) is 62.7 Å². The minimum atomic E-state index is -0.117. The van der Waals surface area contributed by atoms with Crippen LogP contribution in [0.4, 0.5) is 0 Å². The number of nitrogens with zero attached hydrogens (tertiary/aromatic N) is 2. The van der Waals surface area contributed by atoms with E-state index in [1.165, 1.54) is 0 Å². The van der Waals surface area contributed by atoms with Gasteiger partial charge in [0.25, 0.3) is 5.91 Å². The Morgan fingerprint density at radius 2 is 2.12 bits per heavy atom. The normalized spacial score (nSPS) is 10.1. The molecule has 1 heterocycles. The van der Waals surface area contributed by atoms with Crippen LogP contribution in [0.15, 0.2) is 24.5 Å². The molecule has 1 aromatic rings. The summed E-state index contributed by atoms with van der Waals surface area (Å²) in [5.74, 6) is -0.117. The van der Waals surface area contributed by atoms with E-state index in [4.69, 9.17) is 9.84 Å². The van der Waals surface area contributed by atoms with Crippen molar-refractivity contribution in [3.8, 4) is 0 Å². The zero-order chi connectivity index (χ0) is 11.8. The zero-order valence-corrected chi connectivity index (χ0v) is 9.30. The lowest BCUT2D eigenvalue weighted by Gasteiger charge is -2.21.